The van der Waals surface area contributed by atoms with E-state index in [-0.39, 0.29) is 0 Å². The minimum absolute atomic E-state index is 0.693. The van der Waals surface area contributed by atoms with Crippen molar-refractivity contribution < 1.29 is 0 Å². The van der Waals surface area contributed by atoms with Crippen molar-refractivity contribution in [3.8, 4) is 0 Å². The second-order valence-corrected chi connectivity index (χ2v) is 7.04. The summed E-state index contributed by atoms with van der Waals surface area (Å²) in [5.74, 6) is 0. The molecule has 0 unspecified atom stereocenters. The molecule has 0 saturated heterocycles. The Bertz CT molecular complexity index is 851. The van der Waals surface area contributed by atoms with E-state index in [1.54, 1.807) is 0 Å². The average Bonchev–Trinajstić information content (AvgIpc) is 3.07. The maximum atomic E-state index is 6.56. The largest absolute Gasteiger partial charge is 0.312 e. The second kappa shape index (κ2) is 8.52. The fraction of sp³-hybridized carbons (Fsp3) is 0.400. The fourth-order valence-corrected chi connectivity index (χ4v) is 3.42. The lowest BCUT2D eigenvalue weighted by Crippen LogP contribution is -2.17. The lowest BCUT2D eigenvalue weighted by atomic mass is 10.2. The van der Waals surface area contributed by atoms with E-state index in [1.807, 2.05) is 36.7 Å². The molecule has 2 aromatic heterocycles. The third-order valence-corrected chi connectivity index (χ3v) is 4.91. The molecule has 0 radical (unpaired) electrons. The fourth-order valence-electron chi connectivity index (χ4n) is 3.12. The molecule has 3 aromatic rings. The molecule has 0 saturated carbocycles. The summed E-state index contributed by atoms with van der Waals surface area (Å²) >= 11 is 6.56. The Morgan fingerprint density at radius 3 is 2.50 bits per heavy atom. The van der Waals surface area contributed by atoms with Gasteiger partial charge in [-0.05, 0) is 45.4 Å². The van der Waals surface area contributed by atoms with Gasteiger partial charge in [-0.25, -0.2) is 4.68 Å². The van der Waals surface area contributed by atoms with Crippen LogP contribution in [0.1, 0.15) is 34.6 Å². The number of benzene rings is 1. The molecule has 1 N–H and O–H groups in total. The summed E-state index contributed by atoms with van der Waals surface area (Å²) in [7, 11) is 0. The molecule has 0 amide bonds. The van der Waals surface area contributed by atoms with Crippen molar-refractivity contribution in [2.45, 2.75) is 46.8 Å². The Morgan fingerprint density at radius 1 is 1.04 bits per heavy atom. The zero-order valence-corrected chi connectivity index (χ0v) is 16.4. The van der Waals surface area contributed by atoms with Crippen LogP contribution in [0, 0.1) is 20.8 Å². The summed E-state index contributed by atoms with van der Waals surface area (Å²) in [5.41, 5.74) is 5.54. The standard InChI is InChI=1S/C20H26ClN5/c1-15-12-16(2)25(23-15)11-7-10-22-13-19-17(3)24-26(20(19)21)14-18-8-5-4-6-9-18/h4-6,8-9,12,22H,7,10-11,13-14H2,1-3H3. The van der Waals surface area contributed by atoms with Crippen LogP contribution in [0.3, 0.4) is 0 Å². The van der Waals surface area contributed by atoms with Crippen LogP contribution in [0.2, 0.25) is 5.15 Å². The molecule has 3 rings (SSSR count). The summed E-state index contributed by atoms with van der Waals surface area (Å²) in [6.07, 6.45) is 1.02. The van der Waals surface area contributed by atoms with Gasteiger partial charge in [-0.2, -0.15) is 10.2 Å². The van der Waals surface area contributed by atoms with Crippen molar-refractivity contribution in [1.29, 1.82) is 0 Å². The van der Waals surface area contributed by atoms with E-state index in [1.165, 1.54) is 11.3 Å². The number of nitrogens with one attached hydrogen (secondary N) is 1. The van der Waals surface area contributed by atoms with Gasteiger partial charge in [0.1, 0.15) is 5.15 Å². The first kappa shape index (κ1) is 18.7. The van der Waals surface area contributed by atoms with Crippen LogP contribution in [0.4, 0.5) is 0 Å². The monoisotopic (exact) mass is 371 g/mol. The van der Waals surface area contributed by atoms with Crippen LogP contribution >= 0.6 is 11.6 Å². The normalized spacial score (nSPS) is 11.2. The van der Waals surface area contributed by atoms with Gasteiger partial charge in [-0.1, -0.05) is 41.9 Å². The molecule has 0 aliphatic rings. The maximum absolute atomic E-state index is 6.56. The van der Waals surface area contributed by atoms with Crippen LogP contribution in [-0.2, 0) is 19.6 Å². The molecule has 0 atom stereocenters. The van der Waals surface area contributed by atoms with E-state index in [0.29, 0.717) is 6.54 Å². The van der Waals surface area contributed by atoms with Crippen LogP contribution in [-0.4, -0.2) is 26.1 Å². The summed E-state index contributed by atoms with van der Waals surface area (Å²) in [4.78, 5) is 0. The lowest BCUT2D eigenvalue weighted by Gasteiger charge is -2.07. The number of hydrogen-bond donors (Lipinski definition) is 1. The minimum atomic E-state index is 0.693. The first-order chi connectivity index (χ1) is 12.5. The van der Waals surface area contributed by atoms with E-state index in [4.69, 9.17) is 11.6 Å². The lowest BCUT2D eigenvalue weighted by molar-refractivity contribution is 0.531. The van der Waals surface area contributed by atoms with Gasteiger partial charge in [-0.3, -0.25) is 4.68 Å². The third kappa shape index (κ3) is 4.54. The van der Waals surface area contributed by atoms with Crippen molar-refractivity contribution in [2.24, 2.45) is 0 Å². The topological polar surface area (TPSA) is 47.7 Å². The maximum Gasteiger partial charge on any atom is 0.132 e. The predicted molar refractivity (Wildman–Crippen MR) is 106 cm³/mol. The van der Waals surface area contributed by atoms with Gasteiger partial charge in [0, 0.05) is 24.3 Å². The van der Waals surface area contributed by atoms with Crippen molar-refractivity contribution in [2.75, 3.05) is 6.54 Å². The summed E-state index contributed by atoms with van der Waals surface area (Å²) in [6, 6.07) is 12.4. The van der Waals surface area contributed by atoms with Crippen LogP contribution in [0.15, 0.2) is 36.4 Å². The molecule has 1 aromatic carbocycles. The Morgan fingerprint density at radius 2 is 1.81 bits per heavy atom. The molecule has 26 heavy (non-hydrogen) atoms. The van der Waals surface area contributed by atoms with Crippen LogP contribution < -0.4 is 5.32 Å². The molecule has 0 aliphatic carbocycles. The Hall–Kier alpha value is -2.11. The number of aryl methyl sites for hydroxylation is 4. The highest BCUT2D eigenvalue weighted by Gasteiger charge is 2.13. The average molecular weight is 372 g/mol. The number of hydrogen-bond acceptors (Lipinski definition) is 3. The van der Waals surface area contributed by atoms with E-state index in [9.17, 15) is 0 Å². The van der Waals surface area contributed by atoms with Gasteiger partial charge in [0.05, 0.1) is 17.9 Å². The Kier molecular flexibility index (Phi) is 6.12. The second-order valence-electron chi connectivity index (χ2n) is 6.68. The molecule has 0 fully saturated rings. The van der Waals surface area contributed by atoms with Crippen molar-refractivity contribution in [3.05, 3.63) is 69.8 Å². The number of halogens is 1. The van der Waals surface area contributed by atoms with E-state index in [0.717, 1.165) is 48.2 Å². The molecule has 0 aliphatic heterocycles. The van der Waals surface area contributed by atoms with Crippen molar-refractivity contribution in [1.82, 2.24) is 24.9 Å². The van der Waals surface area contributed by atoms with Crippen LogP contribution in [0.25, 0.3) is 0 Å². The molecule has 0 bridgehead atoms. The highest BCUT2D eigenvalue weighted by atomic mass is 35.5. The number of nitrogens with zero attached hydrogens (tertiary/aromatic N) is 4. The molecule has 6 heteroatoms. The molecule has 2 heterocycles. The smallest absolute Gasteiger partial charge is 0.132 e. The van der Waals surface area contributed by atoms with Crippen molar-refractivity contribution >= 4 is 11.6 Å². The van der Waals surface area contributed by atoms with Gasteiger partial charge < -0.3 is 5.32 Å². The van der Waals surface area contributed by atoms with Crippen LogP contribution in [0.5, 0.6) is 0 Å². The number of aromatic nitrogens is 4. The highest BCUT2D eigenvalue weighted by Crippen LogP contribution is 2.20. The van der Waals surface area contributed by atoms with E-state index >= 15 is 0 Å². The molecule has 138 valence electrons. The van der Waals surface area contributed by atoms with Gasteiger partial charge in [0.15, 0.2) is 0 Å². The summed E-state index contributed by atoms with van der Waals surface area (Å²) < 4.78 is 3.94. The van der Waals surface area contributed by atoms with Gasteiger partial charge in [-0.15, -0.1) is 0 Å². The molecular weight excluding hydrogens is 346 g/mol. The van der Waals surface area contributed by atoms with Gasteiger partial charge in [0.25, 0.3) is 0 Å². The molecular formula is C20H26ClN5. The zero-order valence-electron chi connectivity index (χ0n) is 15.7. The Balaban J connectivity index is 1.51. The summed E-state index contributed by atoms with van der Waals surface area (Å²) in [6.45, 7) is 9.40. The Labute approximate surface area is 160 Å². The van der Waals surface area contributed by atoms with E-state index < -0.39 is 0 Å². The van der Waals surface area contributed by atoms with Gasteiger partial charge in [0.2, 0.25) is 0 Å². The SMILES string of the molecule is Cc1cc(C)n(CCCNCc2c(C)nn(Cc3ccccc3)c2Cl)n1. The quantitative estimate of drug-likeness (QED) is 0.611. The molecule has 0 spiro atoms. The highest BCUT2D eigenvalue weighted by molar-refractivity contribution is 6.30. The first-order valence-corrected chi connectivity index (χ1v) is 9.40. The predicted octanol–water partition coefficient (Wildman–Crippen LogP) is 3.89. The first-order valence-electron chi connectivity index (χ1n) is 9.02. The number of rotatable bonds is 8. The van der Waals surface area contributed by atoms with Crippen molar-refractivity contribution in [3.63, 3.8) is 0 Å². The molecule has 5 nitrogen and oxygen atoms in total. The van der Waals surface area contributed by atoms with Gasteiger partial charge >= 0.3 is 0 Å². The summed E-state index contributed by atoms with van der Waals surface area (Å²) in [5, 5.41) is 13.3. The third-order valence-electron chi connectivity index (χ3n) is 4.49. The zero-order chi connectivity index (χ0) is 18.5. The minimum Gasteiger partial charge on any atom is -0.312 e. The van der Waals surface area contributed by atoms with E-state index in [2.05, 4.69) is 45.3 Å².